The molecule has 0 fully saturated rings. The van der Waals surface area contributed by atoms with Gasteiger partial charge in [0, 0.05) is 5.69 Å². The minimum Gasteiger partial charge on any atom is -0.393 e. The Kier molecular flexibility index (Phi) is 3.01. The molecule has 1 aromatic heterocycles. The second kappa shape index (κ2) is 4.62. The third-order valence-electron chi connectivity index (χ3n) is 2.13. The lowest BCUT2D eigenvalue weighted by molar-refractivity contribution is 0.628. The zero-order valence-corrected chi connectivity index (χ0v) is 8.81. The molecule has 0 bridgehead atoms. The van der Waals surface area contributed by atoms with Crippen molar-refractivity contribution in [1.29, 1.82) is 0 Å². The second-order valence-electron chi connectivity index (χ2n) is 3.26. The average molecular weight is 234 g/mol. The standard InChI is InChI=1S/C10H11FN6/c11-6-1-3-7(4-2-6)16-9-8(12)10(17-13)15-5-14-9/h1-5H,12-13H2,(H2,14,15,16,17). The molecule has 0 atom stereocenters. The summed E-state index contributed by atoms with van der Waals surface area (Å²) in [7, 11) is 0. The summed E-state index contributed by atoms with van der Waals surface area (Å²) in [5.41, 5.74) is 9.08. The van der Waals surface area contributed by atoms with E-state index >= 15 is 0 Å². The quantitative estimate of drug-likeness (QED) is 0.470. The van der Waals surface area contributed by atoms with Gasteiger partial charge in [-0.3, -0.25) is 0 Å². The predicted octanol–water partition coefficient (Wildman–Crippen LogP) is 1.23. The molecule has 0 aliphatic heterocycles. The van der Waals surface area contributed by atoms with Crippen LogP contribution in [0.25, 0.3) is 0 Å². The minimum atomic E-state index is -0.310. The molecule has 2 rings (SSSR count). The molecule has 17 heavy (non-hydrogen) atoms. The second-order valence-corrected chi connectivity index (χ2v) is 3.26. The van der Waals surface area contributed by atoms with E-state index in [9.17, 15) is 4.39 Å². The molecule has 88 valence electrons. The fourth-order valence-electron chi connectivity index (χ4n) is 1.28. The normalized spacial score (nSPS) is 10.0. The highest BCUT2D eigenvalue weighted by atomic mass is 19.1. The van der Waals surface area contributed by atoms with Gasteiger partial charge in [-0.25, -0.2) is 20.2 Å². The van der Waals surface area contributed by atoms with Crippen LogP contribution in [-0.2, 0) is 0 Å². The number of hydrazine groups is 1. The number of halogens is 1. The van der Waals surface area contributed by atoms with E-state index in [0.29, 0.717) is 23.0 Å². The van der Waals surface area contributed by atoms with E-state index in [4.69, 9.17) is 11.6 Å². The molecular weight excluding hydrogens is 223 g/mol. The summed E-state index contributed by atoms with van der Waals surface area (Å²) >= 11 is 0. The summed E-state index contributed by atoms with van der Waals surface area (Å²) in [5.74, 6) is 5.65. The number of hydrogen-bond donors (Lipinski definition) is 4. The van der Waals surface area contributed by atoms with Gasteiger partial charge in [0.15, 0.2) is 11.6 Å². The summed E-state index contributed by atoms with van der Waals surface area (Å²) in [4.78, 5) is 7.81. The van der Waals surface area contributed by atoms with E-state index < -0.39 is 0 Å². The summed E-state index contributed by atoms with van der Waals surface area (Å²) in [5, 5.41) is 2.94. The van der Waals surface area contributed by atoms with E-state index in [0.717, 1.165) is 0 Å². The van der Waals surface area contributed by atoms with E-state index in [1.165, 1.54) is 18.5 Å². The topological polar surface area (TPSA) is 102 Å². The zero-order valence-electron chi connectivity index (χ0n) is 8.81. The highest BCUT2D eigenvalue weighted by Crippen LogP contribution is 2.24. The number of nitrogens with one attached hydrogen (secondary N) is 2. The molecule has 0 radical (unpaired) electrons. The van der Waals surface area contributed by atoms with Gasteiger partial charge in [0.1, 0.15) is 17.8 Å². The van der Waals surface area contributed by atoms with Gasteiger partial charge in [-0.15, -0.1) is 0 Å². The molecule has 7 heteroatoms. The van der Waals surface area contributed by atoms with Crippen LogP contribution in [0.1, 0.15) is 0 Å². The number of nitrogens with two attached hydrogens (primary N) is 2. The van der Waals surface area contributed by atoms with Crippen molar-refractivity contribution >= 4 is 23.0 Å². The van der Waals surface area contributed by atoms with Crippen LogP contribution in [0.3, 0.4) is 0 Å². The number of hydrogen-bond acceptors (Lipinski definition) is 6. The average Bonchev–Trinajstić information content (AvgIpc) is 2.35. The van der Waals surface area contributed by atoms with Crippen molar-refractivity contribution in [1.82, 2.24) is 9.97 Å². The lowest BCUT2D eigenvalue weighted by Crippen LogP contribution is -2.12. The monoisotopic (exact) mass is 234 g/mol. The maximum absolute atomic E-state index is 12.7. The van der Waals surface area contributed by atoms with Crippen LogP contribution in [0, 0.1) is 5.82 Å². The van der Waals surface area contributed by atoms with E-state index in [2.05, 4.69) is 20.7 Å². The van der Waals surface area contributed by atoms with Gasteiger partial charge in [-0.2, -0.15) is 0 Å². The SMILES string of the molecule is NNc1ncnc(Nc2ccc(F)cc2)c1N. The van der Waals surface area contributed by atoms with E-state index in [-0.39, 0.29) is 5.82 Å². The number of anilines is 4. The van der Waals surface area contributed by atoms with E-state index in [1.54, 1.807) is 12.1 Å². The Morgan fingerprint density at radius 3 is 2.35 bits per heavy atom. The maximum Gasteiger partial charge on any atom is 0.168 e. The molecule has 0 spiro atoms. The van der Waals surface area contributed by atoms with Crippen molar-refractivity contribution in [3.8, 4) is 0 Å². The molecule has 0 saturated heterocycles. The smallest absolute Gasteiger partial charge is 0.168 e. The van der Waals surface area contributed by atoms with Crippen molar-refractivity contribution in [2.45, 2.75) is 0 Å². The number of nitrogen functional groups attached to an aromatic ring is 2. The third-order valence-corrected chi connectivity index (χ3v) is 2.13. The van der Waals surface area contributed by atoms with Gasteiger partial charge in [0.25, 0.3) is 0 Å². The molecule has 2 aromatic rings. The largest absolute Gasteiger partial charge is 0.393 e. The molecule has 0 aliphatic carbocycles. The van der Waals surface area contributed by atoms with Crippen molar-refractivity contribution in [2.75, 3.05) is 16.5 Å². The van der Waals surface area contributed by atoms with Crippen LogP contribution in [0.5, 0.6) is 0 Å². The van der Waals surface area contributed by atoms with Crippen molar-refractivity contribution < 1.29 is 4.39 Å². The Labute approximate surface area is 96.8 Å². The molecule has 0 aliphatic rings. The molecule has 0 amide bonds. The van der Waals surface area contributed by atoms with Crippen molar-refractivity contribution in [3.05, 3.63) is 36.4 Å². The van der Waals surface area contributed by atoms with Gasteiger partial charge in [-0.05, 0) is 24.3 Å². The summed E-state index contributed by atoms with van der Waals surface area (Å²) in [6.07, 6.45) is 1.32. The number of nitrogens with zero attached hydrogens (tertiary/aromatic N) is 2. The molecular formula is C10H11FN6. The molecule has 1 aromatic carbocycles. The Morgan fingerprint density at radius 1 is 1.06 bits per heavy atom. The van der Waals surface area contributed by atoms with Crippen LogP contribution >= 0.6 is 0 Å². The summed E-state index contributed by atoms with van der Waals surface area (Å²) < 4.78 is 12.7. The Hall–Kier alpha value is -2.41. The third kappa shape index (κ3) is 2.40. The first-order valence-corrected chi connectivity index (χ1v) is 4.80. The highest BCUT2D eigenvalue weighted by molar-refractivity contribution is 5.77. The molecule has 6 nitrogen and oxygen atoms in total. The zero-order chi connectivity index (χ0) is 12.3. The first-order valence-electron chi connectivity index (χ1n) is 4.80. The molecule has 1 heterocycles. The van der Waals surface area contributed by atoms with Crippen LogP contribution in [0.15, 0.2) is 30.6 Å². The number of benzene rings is 1. The first kappa shape index (κ1) is 11.1. The fraction of sp³-hybridized carbons (Fsp3) is 0. The number of rotatable bonds is 3. The van der Waals surface area contributed by atoms with Gasteiger partial charge < -0.3 is 16.5 Å². The Bertz CT molecular complexity index is 513. The van der Waals surface area contributed by atoms with E-state index in [1.807, 2.05) is 0 Å². The Balaban J connectivity index is 2.27. The van der Waals surface area contributed by atoms with Crippen molar-refractivity contribution in [2.24, 2.45) is 5.84 Å². The minimum absolute atomic E-state index is 0.291. The van der Waals surface area contributed by atoms with Gasteiger partial charge in [0.05, 0.1) is 0 Å². The summed E-state index contributed by atoms with van der Waals surface area (Å²) in [6, 6.07) is 5.82. The Morgan fingerprint density at radius 2 is 1.71 bits per heavy atom. The van der Waals surface area contributed by atoms with Crippen LogP contribution in [-0.4, -0.2) is 9.97 Å². The summed E-state index contributed by atoms with van der Waals surface area (Å²) in [6.45, 7) is 0. The van der Waals surface area contributed by atoms with Gasteiger partial charge in [-0.1, -0.05) is 0 Å². The van der Waals surface area contributed by atoms with Crippen LogP contribution in [0.4, 0.5) is 27.4 Å². The number of aromatic nitrogens is 2. The van der Waals surface area contributed by atoms with Gasteiger partial charge in [0.2, 0.25) is 0 Å². The molecule has 6 N–H and O–H groups in total. The van der Waals surface area contributed by atoms with Crippen LogP contribution < -0.4 is 22.3 Å². The molecule has 0 saturated carbocycles. The predicted molar refractivity (Wildman–Crippen MR) is 63.9 cm³/mol. The highest BCUT2D eigenvalue weighted by Gasteiger charge is 2.06. The van der Waals surface area contributed by atoms with Crippen LogP contribution in [0.2, 0.25) is 0 Å². The van der Waals surface area contributed by atoms with Gasteiger partial charge >= 0.3 is 0 Å². The first-order chi connectivity index (χ1) is 8.20. The molecule has 0 unspecified atom stereocenters. The fourth-order valence-corrected chi connectivity index (χ4v) is 1.28. The maximum atomic E-state index is 12.7. The lowest BCUT2D eigenvalue weighted by Gasteiger charge is -2.10. The lowest BCUT2D eigenvalue weighted by atomic mass is 10.3. The van der Waals surface area contributed by atoms with Crippen molar-refractivity contribution in [3.63, 3.8) is 0 Å².